The summed E-state index contributed by atoms with van der Waals surface area (Å²) < 4.78 is 1.94. The van der Waals surface area contributed by atoms with E-state index in [0.29, 0.717) is 16.3 Å². The Morgan fingerprint density at radius 1 is 1.21 bits per heavy atom. The van der Waals surface area contributed by atoms with Gasteiger partial charge in [-0.3, -0.25) is 0 Å². The normalized spacial score (nSPS) is 27.2. The van der Waals surface area contributed by atoms with E-state index in [-0.39, 0.29) is 31.1 Å². The molecular weight excluding hydrogens is 268 g/mol. The highest BCUT2D eigenvalue weighted by Gasteiger charge is 2.35. The zero-order valence-corrected chi connectivity index (χ0v) is 11.0. The molecule has 0 saturated heterocycles. The van der Waals surface area contributed by atoms with E-state index in [1.807, 2.05) is 4.57 Å². The van der Waals surface area contributed by atoms with Crippen molar-refractivity contribution in [2.45, 2.75) is 18.9 Å². The number of imidazole rings is 1. The fourth-order valence-electron chi connectivity index (χ4n) is 2.97. The maximum atomic E-state index is 9.50. The molecule has 0 amide bonds. The van der Waals surface area contributed by atoms with Crippen LogP contribution in [0.2, 0.25) is 5.15 Å². The summed E-state index contributed by atoms with van der Waals surface area (Å²) in [6.07, 6.45) is 4.73. The molecule has 0 aromatic carbocycles. The van der Waals surface area contributed by atoms with Gasteiger partial charge in [-0.1, -0.05) is 11.6 Å². The van der Waals surface area contributed by atoms with Crippen LogP contribution in [0.15, 0.2) is 12.7 Å². The van der Waals surface area contributed by atoms with Crippen LogP contribution >= 0.6 is 11.6 Å². The number of aromatic nitrogens is 4. The van der Waals surface area contributed by atoms with Gasteiger partial charge in [-0.05, 0) is 18.8 Å². The second-order valence-corrected chi connectivity index (χ2v) is 5.38. The lowest BCUT2D eigenvalue weighted by Crippen LogP contribution is -2.16. The van der Waals surface area contributed by atoms with Crippen molar-refractivity contribution in [3.63, 3.8) is 0 Å². The van der Waals surface area contributed by atoms with E-state index in [2.05, 4.69) is 15.0 Å². The molecule has 0 aliphatic heterocycles. The first-order chi connectivity index (χ1) is 9.24. The van der Waals surface area contributed by atoms with Crippen molar-refractivity contribution >= 4 is 22.8 Å². The first-order valence-corrected chi connectivity index (χ1v) is 6.67. The molecular formula is C12H15ClN4O2. The van der Waals surface area contributed by atoms with Crippen molar-refractivity contribution in [2.24, 2.45) is 11.8 Å². The summed E-state index contributed by atoms with van der Waals surface area (Å²) in [6.45, 7) is 0.245. The molecule has 1 aliphatic rings. The Hall–Kier alpha value is -1.24. The number of nitrogens with zero attached hydrogens (tertiary/aromatic N) is 4. The Morgan fingerprint density at radius 3 is 2.79 bits per heavy atom. The number of aliphatic hydroxyl groups is 2. The van der Waals surface area contributed by atoms with Crippen molar-refractivity contribution < 1.29 is 10.2 Å². The minimum atomic E-state index is 0.0955. The molecule has 3 rings (SSSR count). The van der Waals surface area contributed by atoms with Gasteiger partial charge in [0, 0.05) is 25.2 Å². The maximum absolute atomic E-state index is 9.50. The Labute approximate surface area is 115 Å². The fraction of sp³-hybridized carbons (Fsp3) is 0.583. The summed E-state index contributed by atoms with van der Waals surface area (Å²) in [5.74, 6) is 0.334. The number of rotatable bonds is 3. The predicted molar refractivity (Wildman–Crippen MR) is 69.8 cm³/mol. The standard InChI is InChI=1S/C12H15ClN4O2/c13-11-10-12(15-5-14-11)17(6-16-10)9-2-7(3-18)1-8(9)4-19/h5-9,18-19H,1-4H2/t7-,8+,9-/m1/s1. The van der Waals surface area contributed by atoms with Crippen LogP contribution in [0.4, 0.5) is 0 Å². The maximum Gasteiger partial charge on any atom is 0.165 e. The molecule has 7 heteroatoms. The summed E-state index contributed by atoms with van der Waals surface area (Å²) in [5, 5.41) is 19.1. The van der Waals surface area contributed by atoms with Crippen LogP contribution in [0.1, 0.15) is 18.9 Å². The van der Waals surface area contributed by atoms with Gasteiger partial charge in [0.2, 0.25) is 0 Å². The Bertz CT molecular complexity index is 588. The van der Waals surface area contributed by atoms with Gasteiger partial charge >= 0.3 is 0 Å². The highest BCUT2D eigenvalue weighted by atomic mass is 35.5. The van der Waals surface area contributed by atoms with E-state index in [0.717, 1.165) is 12.8 Å². The van der Waals surface area contributed by atoms with Crippen molar-refractivity contribution in [3.8, 4) is 0 Å². The van der Waals surface area contributed by atoms with E-state index >= 15 is 0 Å². The van der Waals surface area contributed by atoms with Crippen LogP contribution in [-0.4, -0.2) is 42.9 Å². The van der Waals surface area contributed by atoms with E-state index < -0.39 is 0 Å². The smallest absolute Gasteiger partial charge is 0.165 e. The lowest BCUT2D eigenvalue weighted by molar-refractivity contribution is 0.190. The first kappa shape index (κ1) is 12.8. The number of halogens is 1. The van der Waals surface area contributed by atoms with Crippen LogP contribution in [0.5, 0.6) is 0 Å². The third kappa shape index (κ3) is 2.09. The third-order valence-corrected chi connectivity index (χ3v) is 4.20. The highest BCUT2D eigenvalue weighted by molar-refractivity contribution is 6.33. The van der Waals surface area contributed by atoms with Crippen LogP contribution in [0.25, 0.3) is 11.2 Å². The quantitative estimate of drug-likeness (QED) is 0.822. The average Bonchev–Trinajstić information content (AvgIpc) is 3.02. The Kier molecular flexibility index (Phi) is 3.38. The summed E-state index contributed by atoms with van der Waals surface area (Å²) in [6, 6.07) is 0.0955. The largest absolute Gasteiger partial charge is 0.396 e. The van der Waals surface area contributed by atoms with Gasteiger partial charge in [0.15, 0.2) is 10.8 Å². The molecule has 0 radical (unpaired) electrons. The predicted octanol–water partition coefficient (Wildman–Crippen LogP) is 1.03. The second kappa shape index (κ2) is 5.03. The molecule has 2 aromatic rings. The van der Waals surface area contributed by atoms with Gasteiger partial charge in [0.25, 0.3) is 0 Å². The van der Waals surface area contributed by atoms with Gasteiger partial charge in [-0.2, -0.15) is 0 Å². The number of fused-ring (bicyclic) bond motifs is 1. The molecule has 2 aromatic heterocycles. The van der Waals surface area contributed by atoms with Crippen LogP contribution < -0.4 is 0 Å². The second-order valence-electron chi connectivity index (χ2n) is 5.02. The first-order valence-electron chi connectivity index (χ1n) is 6.29. The number of hydrogen-bond donors (Lipinski definition) is 2. The molecule has 2 N–H and O–H groups in total. The summed E-state index contributed by atoms with van der Waals surface area (Å²) >= 11 is 5.99. The van der Waals surface area contributed by atoms with Crippen LogP contribution in [0.3, 0.4) is 0 Å². The zero-order valence-electron chi connectivity index (χ0n) is 10.3. The summed E-state index contributed by atoms with van der Waals surface area (Å²) in [4.78, 5) is 12.4. The zero-order chi connectivity index (χ0) is 13.4. The van der Waals surface area contributed by atoms with E-state index in [1.54, 1.807) is 6.33 Å². The minimum absolute atomic E-state index is 0.0955. The van der Waals surface area contributed by atoms with E-state index in [4.69, 9.17) is 11.6 Å². The van der Waals surface area contributed by atoms with Gasteiger partial charge < -0.3 is 14.8 Å². The van der Waals surface area contributed by atoms with Crippen molar-refractivity contribution in [3.05, 3.63) is 17.8 Å². The molecule has 6 nitrogen and oxygen atoms in total. The molecule has 3 atom stereocenters. The average molecular weight is 283 g/mol. The van der Waals surface area contributed by atoms with Crippen molar-refractivity contribution in [2.75, 3.05) is 13.2 Å². The Morgan fingerprint density at radius 2 is 2.05 bits per heavy atom. The lowest BCUT2D eigenvalue weighted by atomic mass is 10.0. The molecule has 19 heavy (non-hydrogen) atoms. The van der Waals surface area contributed by atoms with Crippen LogP contribution in [0, 0.1) is 11.8 Å². The summed E-state index contributed by atoms with van der Waals surface area (Å²) in [7, 11) is 0. The highest BCUT2D eigenvalue weighted by Crippen LogP contribution is 2.40. The number of hydrogen-bond acceptors (Lipinski definition) is 5. The summed E-state index contributed by atoms with van der Waals surface area (Å²) in [5.41, 5.74) is 1.26. The lowest BCUT2D eigenvalue weighted by Gasteiger charge is -2.19. The molecule has 0 spiro atoms. The molecule has 2 heterocycles. The monoisotopic (exact) mass is 282 g/mol. The third-order valence-electron chi connectivity index (χ3n) is 3.92. The fourth-order valence-corrected chi connectivity index (χ4v) is 3.14. The molecule has 1 aliphatic carbocycles. The molecule has 1 fully saturated rings. The van der Waals surface area contributed by atoms with Crippen LogP contribution in [-0.2, 0) is 0 Å². The number of aliphatic hydroxyl groups excluding tert-OH is 2. The SMILES string of the molecule is OC[C@@H]1C[C@@H](CO)[C@H](n2cnc3c(Cl)ncnc32)C1. The van der Waals surface area contributed by atoms with Gasteiger partial charge in [-0.25, -0.2) is 15.0 Å². The molecule has 0 bridgehead atoms. The van der Waals surface area contributed by atoms with E-state index in [9.17, 15) is 10.2 Å². The van der Waals surface area contributed by atoms with Gasteiger partial charge in [-0.15, -0.1) is 0 Å². The van der Waals surface area contributed by atoms with Gasteiger partial charge in [0.1, 0.15) is 11.8 Å². The topological polar surface area (TPSA) is 84.1 Å². The molecule has 1 saturated carbocycles. The minimum Gasteiger partial charge on any atom is -0.396 e. The molecule has 102 valence electrons. The molecule has 0 unspecified atom stereocenters. The van der Waals surface area contributed by atoms with Crippen molar-refractivity contribution in [1.29, 1.82) is 0 Å². The van der Waals surface area contributed by atoms with Crippen molar-refractivity contribution in [1.82, 2.24) is 19.5 Å². The van der Waals surface area contributed by atoms with E-state index in [1.165, 1.54) is 6.33 Å². The van der Waals surface area contributed by atoms with Gasteiger partial charge in [0.05, 0.1) is 6.33 Å². The Balaban J connectivity index is 2.02.